The fraction of sp³-hybridized carbons (Fsp3) is 0.700. The van der Waals surface area contributed by atoms with Crippen molar-refractivity contribution in [2.24, 2.45) is 5.92 Å². The van der Waals surface area contributed by atoms with Crippen molar-refractivity contribution in [3.8, 4) is 5.75 Å². The van der Waals surface area contributed by atoms with E-state index < -0.39 is 6.10 Å². The number of hydrogen-bond donors (Lipinski definition) is 2. The predicted molar refractivity (Wildman–Crippen MR) is 99.5 cm³/mol. The number of piperidine rings is 1. The van der Waals surface area contributed by atoms with Crippen LogP contribution in [0.4, 0.5) is 0 Å². The highest BCUT2D eigenvalue weighted by Crippen LogP contribution is 2.20. The summed E-state index contributed by atoms with van der Waals surface area (Å²) in [5, 5.41) is 14.0. The lowest BCUT2D eigenvalue weighted by Gasteiger charge is -2.33. The van der Waals surface area contributed by atoms with Gasteiger partial charge in [0.1, 0.15) is 5.75 Å². The molecule has 0 saturated carbocycles. The van der Waals surface area contributed by atoms with Crippen molar-refractivity contribution in [3.05, 3.63) is 29.8 Å². The van der Waals surface area contributed by atoms with Gasteiger partial charge in [0.05, 0.1) is 12.2 Å². The van der Waals surface area contributed by atoms with Gasteiger partial charge in [0, 0.05) is 19.1 Å². The number of nitrogens with zero attached hydrogens (tertiary/aromatic N) is 1. The van der Waals surface area contributed by atoms with E-state index in [9.17, 15) is 5.11 Å². The molecule has 1 aromatic rings. The van der Waals surface area contributed by atoms with Gasteiger partial charge in [-0.1, -0.05) is 26.0 Å². The van der Waals surface area contributed by atoms with Crippen molar-refractivity contribution in [1.82, 2.24) is 10.2 Å². The number of hydrogen-bond acceptors (Lipinski definition) is 4. The third-order valence-electron chi connectivity index (χ3n) is 4.43. The average Bonchev–Trinajstić information content (AvgIpc) is 2.53. The average molecular weight is 335 g/mol. The number of ether oxygens (including phenoxy) is 1. The van der Waals surface area contributed by atoms with Crippen LogP contribution in [0.1, 0.15) is 52.2 Å². The summed E-state index contributed by atoms with van der Waals surface area (Å²) in [6, 6.07) is 8.30. The maximum Gasteiger partial charge on any atom is 0.120 e. The molecule has 1 heterocycles. The molecular formula is C20H34N2O2. The molecule has 2 N–H and O–H groups in total. The summed E-state index contributed by atoms with van der Waals surface area (Å²) in [4.78, 5) is 2.55. The van der Waals surface area contributed by atoms with E-state index in [2.05, 4.69) is 24.1 Å². The number of aliphatic hydroxyl groups is 1. The highest BCUT2D eigenvalue weighted by atomic mass is 16.5. The molecule has 0 spiro atoms. The molecule has 0 aliphatic carbocycles. The smallest absolute Gasteiger partial charge is 0.120 e. The second-order valence-corrected chi connectivity index (χ2v) is 7.63. The first-order valence-electron chi connectivity index (χ1n) is 9.34. The lowest BCUT2D eigenvalue weighted by Crippen LogP contribution is -2.44. The Bertz CT molecular complexity index is 482. The van der Waals surface area contributed by atoms with E-state index in [1.807, 2.05) is 38.1 Å². The first kappa shape index (κ1) is 19.2. The fourth-order valence-corrected chi connectivity index (χ4v) is 3.30. The topological polar surface area (TPSA) is 44.7 Å². The SMILES string of the molecule is CC(C)CN1CCC(NCC(O)c2cccc(OC(C)C)c2)CC1. The van der Waals surface area contributed by atoms with Crippen molar-refractivity contribution in [3.63, 3.8) is 0 Å². The van der Waals surface area contributed by atoms with Gasteiger partial charge in [-0.2, -0.15) is 0 Å². The molecular weight excluding hydrogens is 300 g/mol. The largest absolute Gasteiger partial charge is 0.491 e. The van der Waals surface area contributed by atoms with Gasteiger partial charge in [-0.15, -0.1) is 0 Å². The van der Waals surface area contributed by atoms with Crippen LogP contribution in [-0.2, 0) is 0 Å². The molecule has 2 rings (SSSR count). The van der Waals surface area contributed by atoms with Crippen molar-refractivity contribution in [2.45, 2.75) is 58.8 Å². The molecule has 0 radical (unpaired) electrons. The van der Waals surface area contributed by atoms with E-state index in [0.29, 0.717) is 12.6 Å². The highest BCUT2D eigenvalue weighted by Gasteiger charge is 2.20. The molecule has 4 nitrogen and oxygen atoms in total. The molecule has 1 atom stereocenters. The molecule has 1 fully saturated rings. The predicted octanol–water partition coefficient (Wildman–Crippen LogP) is 3.22. The summed E-state index contributed by atoms with van der Waals surface area (Å²) in [7, 11) is 0. The third-order valence-corrected chi connectivity index (χ3v) is 4.43. The van der Waals surface area contributed by atoms with Gasteiger partial charge in [0.15, 0.2) is 0 Å². The molecule has 0 amide bonds. The Morgan fingerprint density at radius 1 is 1.21 bits per heavy atom. The molecule has 136 valence electrons. The Labute approximate surface area is 147 Å². The van der Waals surface area contributed by atoms with E-state index in [4.69, 9.17) is 4.74 Å². The number of likely N-dealkylation sites (tertiary alicyclic amines) is 1. The second-order valence-electron chi connectivity index (χ2n) is 7.63. The highest BCUT2D eigenvalue weighted by molar-refractivity contribution is 5.30. The van der Waals surface area contributed by atoms with Crippen molar-refractivity contribution in [2.75, 3.05) is 26.2 Å². The van der Waals surface area contributed by atoms with E-state index in [0.717, 1.165) is 43.2 Å². The Morgan fingerprint density at radius 2 is 1.92 bits per heavy atom. The minimum Gasteiger partial charge on any atom is -0.491 e. The summed E-state index contributed by atoms with van der Waals surface area (Å²) < 4.78 is 5.71. The van der Waals surface area contributed by atoms with Crippen molar-refractivity contribution in [1.29, 1.82) is 0 Å². The summed E-state index contributed by atoms with van der Waals surface area (Å²) in [6.07, 6.45) is 1.98. The van der Waals surface area contributed by atoms with Crippen molar-refractivity contribution < 1.29 is 9.84 Å². The van der Waals surface area contributed by atoms with Crippen LogP contribution in [0.2, 0.25) is 0 Å². The van der Waals surface area contributed by atoms with E-state index >= 15 is 0 Å². The quantitative estimate of drug-likeness (QED) is 0.766. The zero-order valence-corrected chi connectivity index (χ0v) is 15.7. The normalized spacial score (nSPS) is 18.3. The monoisotopic (exact) mass is 334 g/mol. The molecule has 0 bridgehead atoms. The lowest BCUT2D eigenvalue weighted by atomic mass is 10.0. The Morgan fingerprint density at radius 3 is 2.54 bits per heavy atom. The molecule has 1 aromatic carbocycles. The standard InChI is InChI=1S/C20H34N2O2/c1-15(2)14-22-10-8-18(9-11-22)21-13-20(23)17-6-5-7-19(12-17)24-16(3)4/h5-7,12,15-16,18,20-21,23H,8-11,13-14H2,1-4H3. The molecule has 1 aliphatic rings. The van der Waals surface area contributed by atoms with E-state index in [1.54, 1.807) is 0 Å². The first-order chi connectivity index (χ1) is 11.4. The van der Waals surface area contributed by atoms with Gasteiger partial charge in [0.2, 0.25) is 0 Å². The van der Waals surface area contributed by atoms with Gasteiger partial charge in [-0.05, 0) is 63.4 Å². The Balaban J connectivity index is 1.76. The lowest BCUT2D eigenvalue weighted by molar-refractivity contribution is 0.146. The van der Waals surface area contributed by atoms with Crippen LogP contribution in [-0.4, -0.2) is 48.3 Å². The molecule has 24 heavy (non-hydrogen) atoms. The second kappa shape index (κ2) is 9.40. The molecule has 1 unspecified atom stereocenters. The Hall–Kier alpha value is -1.10. The van der Waals surface area contributed by atoms with Crippen LogP contribution in [0.15, 0.2) is 24.3 Å². The zero-order chi connectivity index (χ0) is 17.5. The maximum absolute atomic E-state index is 10.5. The number of aliphatic hydroxyl groups excluding tert-OH is 1. The maximum atomic E-state index is 10.5. The zero-order valence-electron chi connectivity index (χ0n) is 15.7. The molecule has 1 aliphatic heterocycles. The minimum atomic E-state index is -0.491. The first-order valence-corrected chi connectivity index (χ1v) is 9.34. The van der Waals surface area contributed by atoms with Gasteiger partial charge in [-0.3, -0.25) is 0 Å². The van der Waals surface area contributed by atoms with Crippen molar-refractivity contribution >= 4 is 0 Å². The molecule has 4 heteroatoms. The van der Waals surface area contributed by atoms with Gasteiger partial charge in [-0.25, -0.2) is 0 Å². The summed E-state index contributed by atoms with van der Waals surface area (Å²) >= 11 is 0. The fourth-order valence-electron chi connectivity index (χ4n) is 3.30. The Kier molecular flexibility index (Phi) is 7.53. The van der Waals surface area contributed by atoms with Gasteiger partial charge < -0.3 is 20.1 Å². The number of nitrogens with one attached hydrogen (secondary N) is 1. The summed E-state index contributed by atoms with van der Waals surface area (Å²) in [5.41, 5.74) is 0.915. The van der Waals surface area contributed by atoms with E-state index in [-0.39, 0.29) is 6.10 Å². The van der Waals surface area contributed by atoms with Gasteiger partial charge >= 0.3 is 0 Å². The number of rotatable bonds is 8. The third kappa shape index (κ3) is 6.42. The van der Waals surface area contributed by atoms with Crippen LogP contribution >= 0.6 is 0 Å². The summed E-state index contributed by atoms with van der Waals surface area (Å²) in [6.45, 7) is 12.7. The summed E-state index contributed by atoms with van der Waals surface area (Å²) in [5.74, 6) is 1.56. The van der Waals surface area contributed by atoms with Crippen LogP contribution in [0.5, 0.6) is 5.75 Å². The van der Waals surface area contributed by atoms with Crippen LogP contribution in [0.3, 0.4) is 0 Å². The minimum absolute atomic E-state index is 0.145. The molecule has 1 saturated heterocycles. The van der Waals surface area contributed by atoms with Crippen LogP contribution in [0, 0.1) is 5.92 Å². The van der Waals surface area contributed by atoms with Crippen LogP contribution in [0.25, 0.3) is 0 Å². The molecule has 0 aromatic heterocycles. The van der Waals surface area contributed by atoms with E-state index in [1.165, 1.54) is 6.54 Å². The van der Waals surface area contributed by atoms with Crippen LogP contribution < -0.4 is 10.1 Å². The van der Waals surface area contributed by atoms with Gasteiger partial charge in [0.25, 0.3) is 0 Å². The number of benzene rings is 1.